The number of nitrogens with one attached hydrogen (secondary N) is 2. The van der Waals surface area contributed by atoms with E-state index in [-0.39, 0.29) is 17.7 Å². The molecular formula is C22H26F3N5O2. The highest BCUT2D eigenvalue weighted by molar-refractivity contribution is 5.90. The highest BCUT2D eigenvalue weighted by Gasteiger charge is 2.25. The maximum Gasteiger partial charge on any atom is 0.247 e. The Kier molecular flexibility index (Phi) is 9.36. The molecule has 0 saturated heterocycles. The van der Waals surface area contributed by atoms with Crippen LogP contribution < -0.4 is 22.1 Å². The molecule has 1 aromatic rings. The van der Waals surface area contributed by atoms with Gasteiger partial charge in [0.2, 0.25) is 11.8 Å². The molecule has 32 heavy (non-hydrogen) atoms. The average Bonchev–Trinajstić information content (AvgIpc) is 2.75. The van der Waals surface area contributed by atoms with Gasteiger partial charge in [-0.1, -0.05) is 12.7 Å². The van der Waals surface area contributed by atoms with Crippen LogP contribution in [0.2, 0.25) is 0 Å². The largest absolute Gasteiger partial charge is 0.343 e. The van der Waals surface area contributed by atoms with Gasteiger partial charge in [-0.05, 0) is 54.8 Å². The van der Waals surface area contributed by atoms with Gasteiger partial charge in [0.15, 0.2) is 17.5 Å². The van der Waals surface area contributed by atoms with Crippen LogP contribution in [0.1, 0.15) is 18.4 Å². The van der Waals surface area contributed by atoms with Crippen molar-refractivity contribution in [1.82, 2.24) is 10.6 Å². The summed E-state index contributed by atoms with van der Waals surface area (Å²) in [6, 6.07) is -0.640. The predicted octanol–water partition coefficient (Wildman–Crippen LogP) is 1.39. The predicted molar refractivity (Wildman–Crippen MR) is 116 cm³/mol. The molecule has 0 unspecified atom stereocenters. The summed E-state index contributed by atoms with van der Waals surface area (Å²) in [5.74, 6) is -5.73. The Hall–Kier alpha value is -3.24. The van der Waals surface area contributed by atoms with Gasteiger partial charge in [-0.2, -0.15) is 0 Å². The maximum absolute atomic E-state index is 13.6. The van der Waals surface area contributed by atoms with Gasteiger partial charge in [-0.15, -0.1) is 0 Å². The van der Waals surface area contributed by atoms with Crippen LogP contribution in [-0.2, 0) is 16.0 Å². The molecule has 0 aromatic heterocycles. The summed E-state index contributed by atoms with van der Waals surface area (Å²) in [7, 11) is 0. The molecule has 0 radical (unpaired) electrons. The molecule has 1 aliphatic heterocycles. The summed E-state index contributed by atoms with van der Waals surface area (Å²) in [6.07, 6.45) is 7.26. The molecule has 6 N–H and O–H groups in total. The Bertz CT molecular complexity index is 936. The van der Waals surface area contributed by atoms with Gasteiger partial charge in [0, 0.05) is 18.3 Å². The lowest BCUT2D eigenvalue weighted by Crippen LogP contribution is -2.52. The molecule has 2 atom stereocenters. The van der Waals surface area contributed by atoms with Crippen LogP contribution in [0.15, 0.2) is 53.2 Å². The summed E-state index contributed by atoms with van der Waals surface area (Å²) in [5, 5.41) is 5.02. The van der Waals surface area contributed by atoms with E-state index in [4.69, 9.17) is 11.5 Å². The lowest BCUT2D eigenvalue weighted by Gasteiger charge is -2.21. The summed E-state index contributed by atoms with van der Waals surface area (Å²) in [4.78, 5) is 29.3. The Morgan fingerprint density at radius 2 is 1.91 bits per heavy atom. The fourth-order valence-electron chi connectivity index (χ4n) is 2.96. The van der Waals surface area contributed by atoms with E-state index in [0.29, 0.717) is 25.9 Å². The number of rotatable bonds is 10. The third-order valence-corrected chi connectivity index (χ3v) is 4.59. The highest BCUT2D eigenvalue weighted by atomic mass is 19.2. The van der Waals surface area contributed by atoms with Crippen LogP contribution in [0, 0.1) is 17.5 Å². The molecule has 2 rings (SSSR count). The number of nitrogens with zero attached hydrogens (tertiary/aromatic N) is 1. The molecule has 172 valence electrons. The zero-order valence-electron chi connectivity index (χ0n) is 17.4. The van der Waals surface area contributed by atoms with Crippen molar-refractivity contribution in [2.75, 3.05) is 13.1 Å². The normalized spacial score (nSPS) is 16.0. The van der Waals surface area contributed by atoms with E-state index >= 15 is 0 Å². The van der Waals surface area contributed by atoms with E-state index < -0.39 is 41.3 Å². The Morgan fingerprint density at radius 3 is 2.50 bits per heavy atom. The molecule has 0 fully saturated rings. The number of aliphatic imine (C=N–C) groups is 1. The van der Waals surface area contributed by atoms with Gasteiger partial charge in [-0.25, -0.2) is 13.2 Å². The first-order valence-electron chi connectivity index (χ1n) is 9.97. The van der Waals surface area contributed by atoms with Crippen molar-refractivity contribution in [3.63, 3.8) is 0 Å². The molecule has 0 aliphatic carbocycles. The SMILES string of the molecule is C=C(C=C1C=CC=NC1)NC(=O)[C@@H](Cc1cc(F)c(F)c(F)c1)NC(=O)[C@@H](N)CCCN. The lowest BCUT2D eigenvalue weighted by molar-refractivity contribution is -0.129. The van der Waals surface area contributed by atoms with Crippen LogP contribution >= 0.6 is 0 Å². The van der Waals surface area contributed by atoms with Crippen LogP contribution in [0.25, 0.3) is 0 Å². The number of hydrogen-bond acceptors (Lipinski definition) is 5. The molecule has 2 amide bonds. The second kappa shape index (κ2) is 12.0. The molecule has 1 aliphatic rings. The first-order valence-corrected chi connectivity index (χ1v) is 9.97. The van der Waals surface area contributed by atoms with Crippen molar-refractivity contribution in [2.45, 2.75) is 31.3 Å². The molecule has 0 bridgehead atoms. The molecule has 0 spiro atoms. The van der Waals surface area contributed by atoms with Crippen LogP contribution in [-0.4, -0.2) is 43.2 Å². The summed E-state index contributed by atoms with van der Waals surface area (Å²) in [5.41, 5.74) is 12.2. The second-order valence-electron chi connectivity index (χ2n) is 7.26. The number of carbonyl (C=O) groups excluding carboxylic acids is 2. The third kappa shape index (κ3) is 7.47. The van der Waals surface area contributed by atoms with Crippen LogP contribution in [0.3, 0.4) is 0 Å². The summed E-state index contributed by atoms with van der Waals surface area (Å²) >= 11 is 0. The topological polar surface area (TPSA) is 123 Å². The van der Waals surface area contributed by atoms with E-state index in [0.717, 1.165) is 17.7 Å². The first kappa shape index (κ1) is 25.0. The Morgan fingerprint density at radius 1 is 1.22 bits per heavy atom. The molecule has 7 nitrogen and oxygen atoms in total. The van der Waals surface area contributed by atoms with E-state index in [9.17, 15) is 22.8 Å². The van der Waals surface area contributed by atoms with Crippen molar-refractivity contribution in [1.29, 1.82) is 0 Å². The number of benzene rings is 1. The monoisotopic (exact) mass is 449 g/mol. The molecule has 0 saturated carbocycles. The standard InChI is InChI=1S/C22H26F3N5O2/c1-13(8-14-4-3-7-28-12-14)29-22(32)19(30-21(31)18(27)5-2-6-26)11-15-9-16(23)20(25)17(24)10-15/h3-4,7-10,18-19H,1-2,5-6,11-12,26-27H2,(H,29,32)(H,30,31)/t18-,19+/m0/s1. The quantitative estimate of drug-likeness (QED) is 0.403. The number of nitrogens with two attached hydrogens (primary N) is 2. The van der Waals surface area contributed by atoms with E-state index in [1.165, 1.54) is 0 Å². The number of dihydropyridines is 1. The van der Waals surface area contributed by atoms with Gasteiger partial charge in [-0.3, -0.25) is 14.6 Å². The lowest BCUT2D eigenvalue weighted by atomic mass is 10.0. The van der Waals surface area contributed by atoms with Gasteiger partial charge < -0.3 is 22.1 Å². The fraction of sp³-hybridized carbons (Fsp3) is 0.318. The number of halogens is 3. The van der Waals surface area contributed by atoms with Crippen molar-refractivity contribution in [3.05, 3.63) is 71.2 Å². The minimum Gasteiger partial charge on any atom is -0.343 e. The summed E-state index contributed by atoms with van der Waals surface area (Å²) in [6.45, 7) is 4.51. The molecule has 10 heteroatoms. The number of amides is 2. The smallest absolute Gasteiger partial charge is 0.247 e. The van der Waals surface area contributed by atoms with Gasteiger partial charge >= 0.3 is 0 Å². The Balaban J connectivity index is 2.17. The molecule has 1 aromatic carbocycles. The van der Waals surface area contributed by atoms with Crippen LogP contribution in [0.5, 0.6) is 0 Å². The number of hydrogen-bond donors (Lipinski definition) is 4. The zero-order valence-corrected chi connectivity index (χ0v) is 17.4. The summed E-state index contributed by atoms with van der Waals surface area (Å²) < 4.78 is 40.5. The van der Waals surface area contributed by atoms with E-state index in [2.05, 4.69) is 22.2 Å². The maximum atomic E-state index is 13.6. The number of carbonyl (C=O) groups is 2. The van der Waals surface area contributed by atoms with Crippen molar-refractivity contribution in [2.24, 2.45) is 16.5 Å². The van der Waals surface area contributed by atoms with Crippen molar-refractivity contribution in [3.8, 4) is 0 Å². The van der Waals surface area contributed by atoms with Crippen LogP contribution in [0.4, 0.5) is 13.2 Å². The van der Waals surface area contributed by atoms with E-state index in [1.54, 1.807) is 24.4 Å². The zero-order chi connectivity index (χ0) is 23.7. The first-order chi connectivity index (χ1) is 15.2. The Labute approximate surface area is 184 Å². The van der Waals surface area contributed by atoms with Gasteiger partial charge in [0.25, 0.3) is 0 Å². The minimum atomic E-state index is -1.62. The fourth-order valence-corrected chi connectivity index (χ4v) is 2.96. The minimum absolute atomic E-state index is 0.0223. The van der Waals surface area contributed by atoms with Gasteiger partial charge in [0.05, 0.1) is 12.6 Å². The molecular weight excluding hydrogens is 423 g/mol. The van der Waals surface area contributed by atoms with Gasteiger partial charge in [0.1, 0.15) is 6.04 Å². The van der Waals surface area contributed by atoms with Crippen molar-refractivity contribution < 1.29 is 22.8 Å². The highest BCUT2D eigenvalue weighted by Crippen LogP contribution is 2.15. The van der Waals surface area contributed by atoms with E-state index in [1.807, 2.05) is 0 Å². The number of allylic oxidation sites excluding steroid dienone is 2. The third-order valence-electron chi connectivity index (χ3n) is 4.59. The second-order valence-corrected chi connectivity index (χ2v) is 7.26. The average molecular weight is 449 g/mol. The van der Waals surface area contributed by atoms with Crippen molar-refractivity contribution >= 4 is 18.0 Å². The molecule has 1 heterocycles.